The Kier molecular flexibility index (Phi) is 5.96. The smallest absolute Gasteiger partial charge is 0.336 e. The average Bonchev–Trinajstić information content (AvgIpc) is 2.45. The number of hydrogen-bond acceptors (Lipinski definition) is 3. The number of carboxylic acids is 1. The molecule has 0 saturated heterocycles. The minimum absolute atomic E-state index is 0.293. The Bertz CT molecular complexity index is 649. The van der Waals surface area contributed by atoms with Gasteiger partial charge >= 0.3 is 5.97 Å². The van der Waals surface area contributed by atoms with Crippen molar-refractivity contribution in [2.45, 2.75) is 4.90 Å². The molecule has 0 amide bonds. The second kappa shape index (κ2) is 7.73. The van der Waals surface area contributed by atoms with E-state index >= 15 is 0 Å². The molecule has 21 heavy (non-hydrogen) atoms. The minimum atomic E-state index is -0.933. The summed E-state index contributed by atoms with van der Waals surface area (Å²) in [5.41, 5.74) is 0.293. The molecule has 0 aliphatic rings. The van der Waals surface area contributed by atoms with Gasteiger partial charge in [0.1, 0.15) is 5.75 Å². The van der Waals surface area contributed by atoms with Crippen LogP contribution in [0.1, 0.15) is 10.4 Å². The summed E-state index contributed by atoms with van der Waals surface area (Å²) in [6.45, 7) is 0.444. The molecule has 0 aliphatic heterocycles. The van der Waals surface area contributed by atoms with Gasteiger partial charge in [-0.05, 0) is 30.3 Å². The van der Waals surface area contributed by atoms with E-state index in [9.17, 15) is 4.79 Å². The molecular weight excluding hydrogens is 376 g/mol. The Morgan fingerprint density at radius 3 is 2.76 bits per heavy atom. The van der Waals surface area contributed by atoms with Gasteiger partial charge in [0.15, 0.2) is 0 Å². The summed E-state index contributed by atoms with van der Waals surface area (Å²) >= 11 is 10.8. The maximum absolute atomic E-state index is 11.2. The van der Waals surface area contributed by atoms with E-state index in [1.54, 1.807) is 30.3 Å². The molecule has 3 nitrogen and oxygen atoms in total. The van der Waals surface area contributed by atoms with Crippen LogP contribution in [0.25, 0.3) is 0 Å². The van der Waals surface area contributed by atoms with Crippen molar-refractivity contribution in [3.8, 4) is 5.75 Å². The van der Waals surface area contributed by atoms with E-state index in [0.717, 1.165) is 4.47 Å². The van der Waals surface area contributed by atoms with Crippen LogP contribution in [-0.4, -0.2) is 23.4 Å². The van der Waals surface area contributed by atoms with Gasteiger partial charge < -0.3 is 9.84 Å². The SMILES string of the molecule is O=C(O)c1ccc(Br)cc1SCCOc1ccccc1Cl. The summed E-state index contributed by atoms with van der Waals surface area (Å²) in [5.74, 6) is 0.326. The Morgan fingerprint density at radius 1 is 1.29 bits per heavy atom. The largest absolute Gasteiger partial charge is 0.491 e. The van der Waals surface area contributed by atoms with E-state index in [1.165, 1.54) is 11.8 Å². The molecule has 0 atom stereocenters. The lowest BCUT2D eigenvalue weighted by Gasteiger charge is -2.09. The molecule has 0 aromatic heterocycles. The van der Waals surface area contributed by atoms with Gasteiger partial charge in [0.25, 0.3) is 0 Å². The van der Waals surface area contributed by atoms with Gasteiger partial charge in [0, 0.05) is 15.1 Å². The predicted octanol–water partition coefficient (Wildman–Crippen LogP) is 4.97. The first-order valence-corrected chi connectivity index (χ1v) is 8.26. The quantitative estimate of drug-likeness (QED) is 0.561. The zero-order valence-corrected chi connectivity index (χ0v) is 14.0. The molecule has 2 rings (SSSR count). The summed E-state index contributed by atoms with van der Waals surface area (Å²) < 4.78 is 6.43. The van der Waals surface area contributed by atoms with Crippen LogP contribution in [0.15, 0.2) is 51.8 Å². The van der Waals surface area contributed by atoms with Crippen LogP contribution in [0.2, 0.25) is 5.02 Å². The predicted molar refractivity (Wildman–Crippen MR) is 88.8 cm³/mol. The normalized spacial score (nSPS) is 10.4. The molecule has 0 radical (unpaired) electrons. The molecular formula is C15H12BrClO3S. The number of carboxylic acid groups (broad SMARTS) is 1. The lowest BCUT2D eigenvalue weighted by Crippen LogP contribution is -2.03. The summed E-state index contributed by atoms with van der Waals surface area (Å²) in [4.78, 5) is 11.9. The van der Waals surface area contributed by atoms with Gasteiger partial charge in [-0.1, -0.05) is 39.7 Å². The maximum atomic E-state index is 11.2. The zero-order valence-electron chi connectivity index (χ0n) is 10.9. The van der Waals surface area contributed by atoms with Crippen molar-refractivity contribution in [2.24, 2.45) is 0 Å². The van der Waals surface area contributed by atoms with Gasteiger partial charge in [0.2, 0.25) is 0 Å². The summed E-state index contributed by atoms with van der Waals surface area (Å²) in [5, 5.41) is 9.72. The number of rotatable bonds is 6. The van der Waals surface area contributed by atoms with Crippen molar-refractivity contribution in [3.63, 3.8) is 0 Å². The fraction of sp³-hybridized carbons (Fsp3) is 0.133. The number of halogens is 2. The van der Waals surface area contributed by atoms with E-state index in [2.05, 4.69) is 15.9 Å². The van der Waals surface area contributed by atoms with Crippen LogP contribution in [0.5, 0.6) is 5.75 Å². The molecule has 0 unspecified atom stereocenters. The highest BCUT2D eigenvalue weighted by molar-refractivity contribution is 9.10. The molecule has 2 aromatic carbocycles. The van der Waals surface area contributed by atoms with Crippen molar-refractivity contribution in [2.75, 3.05) is 12.4 Å². The summed E-state index contributed by atoms with van der Waals surface area (Å²) in [6.07, 6.45) is 0. The van der Waals surface area contributed by atoms with Crippen LogP contribution in [0, 0.1) is 0 Å². The van der Waals surface area contributed by atoms with Crippen LogP contribution < -0.4 is 4.74 Å². The fourth-order valence-corrected chi connectivity index (χ4v) is 3.27. The monoisotopic (exact) mass is 386 g/mol. The van der Waals surface area contributed by atoms with Crippen LogP contribution in [0.4, 0.5) is 0 Å². The molecule has 0 spiro atoms. The Hall–Kier alpha value is -1.17. The standard InChI is InChI=1S/C15H12BrClO3S/c16-10-5-6-11(15(18)19)14(9-10)21-8-7-20-13-4-2-1-3-12(13)17/h1-6,9H,7-8H2,(H,18,19). The van der Waals surface area contributed by atoms with Gasteiger partial charge in [-0.2, -0.15) is 0 Å². The van der Waals surface area contributed by atoms with E-state index < -0.39 is 5.97 Å². The van der Waals surface area contributed by atoms with E-state index in [1.807, 2.05) is 12.1 Å². The fourth-order valence-electron chi connectivity index (χ4n) is 1.66. The second-order valence-corrected chi connectivity index (χ2v) is 6.53. The number of thioether (sulfide) groups is 1. The number of ether oxygens (including phenoxy) is 1. The topological polar surface area (TPSA) is 46.5 Å². The third kappa shape index (κ3) is 4.66. The average molecular weight is 388 g/mol. The van der Waals surface area contributed by atoms with Gasteiger partial charge in [0.05, 0.1) is 17.2 Å². The number of aromatic carboxylic acids is 1. The highest BCUT2D eigenvalue weighted by Crippen LogP contribution is 2.27. The van der Waals surface area contributed by atoms with Gasteiger partial charge in [-0.15, -0.1) is 11.8 Å². The molecule has 0 bridgehead atoms. The Labute approximate surface area is 140 Å². The van der Waals surface area contributed by atoms with Gasteiger partial charge in [-0.25, -0.2) is 4.79 Å². The van der Waals surface area contributed by atoms with Crippen molar-refractivity contribution in [1.29, 1.82) is 0 Å². The van der Waals surface area contributed by atoms with E-state index in [-0.39, 0.29) is 0 Å². The van der Waals surface area contributed by atoms with Crippen molar-refractivity contribution >= 4 is 45.3 Å². The van der Waals surface area contributed by atoms with Gasteiger partial charge in [-0.3, -0.25) is 0 Å². The third-order valence-corrected chi connectivity index (χ3v) is 4.43. The maximum Gasteiger partial charge on any atom is 0.336 e. The zero-order chi connectivity index (χ0) is 15.2. The first kappa shape index (κ1) is 16.2. The molecule has 0 aliphatic carbocycles. The molecule has 6 heteroatoms. The Balaban J connectivity index is 1.93. The van der Waals surface area contributed by atoms with Crippen molar-refractivity contribution < 1.29 is 14.6 Å². The lowest BCUT2D eigenvalue weighted by atomic mass is 10.2. The molecule has 0 saturated carbocycles. The second-order valence-electron chi connectivity index (χ2n) is 4.07. The first-order chi connectivity index (χ1) is 10.1. The summed E-state index contributed by atoms with van der Waals surface area (Å²) in [7, 11) is 0. The third-order valence-electron chi connectivity index (χ3n) is 2.61. The minimum Gasteiger partial charge on any atom is -0.491 e. The molecule has 110 valence electrons. The van der Waals surface area contributed by atoms with E-state index in [0.29, 0.717) is 33.6 Å². The highest BCUT2D eigenvalue weighted by Gasteiger charge is 2.11. The number of hydrogen-bond donors (Lipinski definition) is 1. The Morgan fingerprint density at radius 2 is 2.05 bits per heavy atom. The lowest BCUT2D eigenvalue weighted by molar-refractivity contribution is 0.0693. The molecule has 2 aromatic rings. The number of carbonyl (C=O) groups is 1. The molecule has 0 heterocycles. The highest BCUT2D eigenvalue weighted by atomic mass is 79.9. The molecule has 0 fully saturated rings. The molecule has 1 N–H and O–H groups in total. The van der Waals surface area contributed by atoms with Crippen LogP contribution >= 0.6 is 39.3 Å². The van der Waals surface area contributed by atoms with Crippen molar-refractivity contribution in [3.05, 3.63) is 57.5 Å². The number of benzene rings is 2. The number of para-hydroxylation sites is 1. The first-order valence-electron chi connectivity index (χ1n) is 6.11. The van der Waals surface area contributed by atoms with Crippen LogP contribution in [0.3, 0.4) is 0 Å². The van der Waals surface area contributed by atoms with E-state index in [4.69, 9.17) is 21.4 Å². The van der Waals surface area contributed by atoms with Crippen LogP contribution in [-0.2, 0) is 0 Å². The van der Waals surface area contributed by atoms with Crippen molar-refractivity contribution in [1.82, 2.24) is 0 Å². The summed E-state index contributed by atoms with van der Waals surface area (Å²) in [6, 6.07) is 12.4.